The molecule has 0 saturated heterocycles. The summed E-state index contributed by atoms with van der Waals surface area (Å²) >= 11 is 0. The molecule has 0 bridgehead atoms. The molecule has 1 nitrogen and oxygen atoms in total. The van der Waals surface area contributed by atoms with Crippen molar-refractivity contribution in [3.8, 4) is 0 Å². The van der Waals surface area contributed by atoms with Gasteiger partial charge in [0.25, 0.3) is 0 Å². The van der Waals surface area contributed by atoms with Crippen molar-refractivity contribution in [1.82, 2.24) is 0 Å². The van der Waals surface area contributed by atoms with Crippen molar-refractivity contribution in [3.05, 3.63) is 29.3 Å². The van der Waals surface area contributed by atoms with Crippen LogP contribution in [0.3, 0.4) is 0 Å². The molecule has 0 atom stereocenters. The largest absolute Gasteiger partial charge is 0.374 e. The van der Waals surface area contributed by atoms with Gasteiger partial charge in [0.15, 0.2) is 0 Å². The molecule has 0 unspecified atom stereocenters. The molecule has 0 N–H and O–H groups in total. The third kappa shape index (κ3) is 2.74. The summed E-state index contributed by atoms with van der Waals surface area (Å²) in [5.41, 5.74) is 4.44. The lowest BCUT2D eigenvalue weighted by molar-refractivity contribution is 0.743. The van der Waals surface area contributed by atoms with Crippen molar-refractivity contribution < 1.29 is 0 Å². The summed E-state index contributed by atoms with van der Waals surface area (Å²) in [5, 5.41) is 0. The first-order chi connectivity index (χ1) is 7.31. The summed E-state index contributed by atoms with van der Waals surface area (Å²) in [7, 11) is 2.18. The number of rotatable bonds is 1. The molecule has 0 saturated carbocycles. The second-order valence-corrected chi connectivity index (χ2v) is 3.84. The molecule has 1 aromatic rings. The van der Waals surface area contributed by atoms with E-state index in [0.717, 1.165) is 6.42 Å². The van der Waals surface area contributed by atoms with E-state index >= 15 is 0 Å². The average Bonchev–Trinajstić information content (AvgIpc) is 2.31. The lowest BCUT2D eigenvalue weighted by atomic mass is 9.99. The van der Waals surface area contributed by atoms with Gasteiger partial charge < -0.3 is 4.90 Å². The maximum absolute atomic E-state index is 2.37. The van der Waals surface area contributed by atoms with Crippen LogP contribution >= 0.6 is 0 Å². The molecule has 0 spiro atoms. The Bertz CT molecular complexity index is 304. The molecule has 2 rings (SSSR count). The monoisotopic (exact) mass is 205 g/mol. The van der Waals surface area contributed by atoms with E-state index in [1.807, 2.05) is 13.8 Å². The van der Waals surface area contributed by atoms with Crippen LogP contribution < -0.4 is 4.90 Å². The highest BCUT2D eigenvalue weighted by Crippen LogP contribution is 2.26. The van der Waals surface area contributed by atoms with Gasteiger partial charge in [-0.3, -0.25) is 0 Å². The fourth-order valence-corrected chi connectivity index (χ4v) is 2.06. The number of anilines is 1. The first-order valence-corrected chi connectivity index (χ1v) is 6.14. The van der Waals surface area contributed by atoms with Crippen LogP contribution in [-0.4, -0.2) is 13.6 Å². The van der Waals surface area contributed by atoms with Gasteiger partial charge in [-0.25, -0.2) is 0 Å². The lowest BCUT2D eigenvalue weighted by Gasteiger charge is -2.27. The predicted molar refractivity (Wildman–Crippen MR) is 68.8 cm³/mol. The van der Waals surface area contributed by atoms with Crippen LogP contribution in [0.2, 0.25) is 0 Å². The molecule has 0 aromatic heterocycles. The summed E-state index contributed by atoms with van der Waals surface area (Å²) in [6.45, 7) is 7.42. The van der Waals surface area contributed by atoms with E-state index in [2.05, 4.69) is 37.1 Å². The minimum absolute atomic E-state index is 1.15. The van der Waals surface area contributed by atoms with E-state index in [4.69, 9.17) is 0 Å². The van der Waals surface area contributed by atoms with Crippen LogP contribution in [0.4, 0.5) is 5.69 Å². The van der Waals surface area contributed by atoms with E-state index in [1.165, 1.54) is 36.2 Å². The first-order valence-electron chi connectivity index (χ1n) is 6.14. The summed E-state index contributed by atoms with van der Waals surface area (Å²) in [4.78, 5) is 2.36. The topological polar surface area (TPSA) is 3.24 Å². The molecule has 0 aliphatic carbocycles. The molecule has 1 heteroatoms. The molecular formula is C14H23N. The van der Waals surface area contributed by atoms with E-state index in [1.54, 1.807) is 0 Å². The molecule has 1 aromatic carbocycles. The fourth-order valence-electron chi connectivity index (χ4n) is 2.06. The van der Waals surface area contributed by atoms with E-state index < -0.39 is 0 Å². The first kappa shape index (κ1) is 12.1. The number of nitrogens with zero attached hydrogens (tertiary/aromatic N) is 1. The van der Waals surface area contributed by atoms with E-state index in [-0.39, 0.29) is 0 Å². The van der Waals surface area contributed by atoms with Crippen molar-refractivity contribution in [2.24, 2.45) is 0 Å². The molecule has 1 aliphatic heterocycles. The third-order valence-electron chi connectivity index (χ3n) is 2.90. The Morgan fingerprint density at radius 1 is 1.27 bits per heavy atom. The van der Waals surface area contributed by atoms with Crippen LogP contribution in [0.15, 0.2) is 18.2 Å². The smallest absolute Gasteiger partial charge is 0.0396 e. The van der Waals surface area contributed by atoms with Gasteiger partial charge in [-0.05, 0) is 36.5 Å². The molecule has 84 valence electrons. The normalized spacial score (nSPS) is 14.0. The number of hydrogen-bond donors (Lipinski definition) is 0. The molecule has 0 radical (unpaired) electrons. The van der Waals surface area contributed by atoms with Crippen LogP contribution in [0.5, 0.6) is 0 Å². The Kier molecular flexibility index (Phi) is 4.67. The van der Waals surface area contributed by atoms with Crippen molar-refractivity contribution in [1.29, 1.82) is 0 Å². The van der Waals surface area contributed by atoms with Gasteiger partial charge in [0.1, 0.15) is 0 Å². The highest BCUT2D eigenvalue weighted by atomic mass is 15.1. The second-order valence-electron chi connectivity index (χ2n) is 3.84. The fraction of sp³-hybridized carbons (Fsp3) is 0.571. The van der Waals surface area contributed by atoms with E-state index in [0.29, 0.717) is 0 Å². The van der Waals surface area contributed by atoms with Gasteiger partial charge >= 0.3 is 0 Å². The predicted octanol–water partition coefficient (Wildman–Crippen LogP) is 3.66. The summed E-state index contributed by atoms with van der Waals surface area (Å²) in [5.74, 6) is 0. The van der Waals surface area contributed by atoms with Crippen LogP contribution in [-0.2, 0) is 12.8 Å². The standard InChI is InChI=1S/C12H17N.C2H6/c1-3-10-6-7-12-11(9-10)5-4-8-13(12)2;1-2/h6-7,9H,3-5,8H2,1-2H3;1-2H3. The van der Waals surface area contributed by atoms with Crippen LogP contribution in [0, 0.1) is 0 Å². The van der Waals surface area contributed by atoms with Crippen molar-refractivity contribution in [2.45, 2.75) is 40.0 Å². The van der Waals surface area contributed by atoms with Crippen molar-refractivity contribution >= 4 is 5.69 Å². The average molecular weight is 205 g/mol. The van der Waals surface area contributed by atoms with Gasteiger partial charge in [0.05, 0.1) is 0 Å². The quantitative estimate of drug-likeness (QED) is 0.676. The Hall–Kier alpha value is -0.980. The second kappa shape index (κ2) is 5.79. The molecule has 1 heterocycles. The zero-order chi connectivity index (χ0) is 11.3. The van der Waals surface area contributed by atoms with Crippen LogP contribution in [0.1, 0.15) is 38.3 Å². The molecular weight excluding hydrogens is 182 g/mol. The van der Waals surface area contributed by atoms with Gasteiger partial charge in [0, 0.05) is 19.3 Å². The van der Waals surface area contributed by atoms with E-state index in [9.17, 15) is 0 Å². The molecule has 0 amide bonds. The lowest BCUT2D eigenvalue weighted by Crippen LogP contribution is -2.24. The molecule has 15 heavy (non-hydrogen) atoms. The number of benzene rings is 1. The Labute approximate surface area is 94.1 Å². The van der Waals surface area contributed by atoms with Gasteiger partial charge in [-0.15, -0.1) is 0 Å². The number of fused-ring (bicyclic) bond motifs is 1. The Morgan fingerprint density at radius 3 is 2.67 bits per heavy atom. The summed E-state index contributed by atoms with van der Waals surface area (Å²) in [6, 6.07) is 6.89. The van der Waals surface area contributed by atoms with Crippen molar-refractivity contribution in [2.75, 3.05) is 18.5 Å². The number of hydrogen-bond acceptors (Lipinski definition) is 1. The van der Waals surface area contributed by atoms with Gasteiger partial charge in [-0.1, -0.05) is 32.9 Å². The van der Waals surface area contributed by atoms with Gasteiger partial charge in [0.2, 0.25) is 0 Å². The SMILES string of the molecule is CC.CCc1ccc2c(c1)CCCN2C. The van der Waals surface area contributed by atoms with Gasteiger partial charge in [-0.2, -0.15) is 0 Å². The minimum atomic E-state index is 1.15. The number of aryl methyl sites for hydroxylation is 2. The molecule has 0 fully saturated rings. The molecule has 1 aliphatic rings. The highest BCUT2D eigenvalue weighted by Gasteiger charge is 2.12. The maximum Gasteiger partial charge on any atom is 0.0396 e. The highest BCUT2D eigenvalue weighted by molar-refractivity contribution is 5.56. The maximum atomic E-state index is 2.37. The minimum Gasteiger partial charge on any atom is -0.374 e. The van der Waals surface area contributed by atoms with Crippen molar-refractivity contribution in [3.63, 3.8) is 0 Å². The van der Waals surface area contributed by atoms with Crippen LogP contribution in [0.25, 0.3) is 0 Å². The summed E-state index contributed by atoms with van der Waals surface area (Å²) < 4.78 is 0. The zero-order valence-electron chi connectivity index (χ0n) is 10.5. The Morgan fingerprint density at radius 2 is 2.00 bits per heavy atom. The zero-order valence-corrected chi connectivity index (χ0v) is 10.5. The Balaban J connectivity index is 0.000000531. The summed E-state index contributed by atoms with van der Waals surface area (Å²) in [6.07, 6.45) is 3.71. The third-order valence-corrected chi connectivity index (χ3v) is 2.90.